The maximum Gasteiger partial charge on any atom is 0.226 e. The lowest BCUT2D eigenvalue weighted by Crippen LogP contribution is -2.56. The van der Waals surface area contributed by atoms with Crippen LogP contribution in [-0.2, 0) is 4.79 Å². The lowest BCUT2D eigenvalue weighted by atomic mass is 9.49. The van der Waals surface area contributed by atoms with Crippen LogP contribution < -0.4 is 5.32 Å². The van der Waals surface area contributed by atoms with Crippen molar-refractivity contribution in [2.24, 2.45) is 23.2 Å². The average molecular weight is 302 g/mol. The summed E-state index contributed by atoms with van der Waals surface area (Å²) < 4.78 is 0. The van der Waals surface area contributed by atoms with Gasteiger partial charge in [0, 0.05) is 30.6 Å². The van der Waals surface area contributed by atoms with Gasteiger partial charge in [0.1, 0.15) is 0 Å². The Hall–Kier alpha value is -0.570. The molecule has 1 heterocycles. The van der Waals surface area contributed by atoms with Gasteiger partial charge in [-0.25, -0.2) is 0 Å². The Bertz CT molecular complexity index is 427. The van der Waals surface area contributed by atoms with Gasteiger partial charge in [-0.1, -0.05) is 0 Å². The first-order valence-corrected chi connectivity index (χ1v) is 9.75. The predicted molar refractivity (Wildman–Crippen MR) is 86.4 cm³/mol. The quantitative estimate of drug-likeness (QED) is 0.869. The molecular weight excluding hydrogens is 272 g/mol. The van der Waals surface area contributed by atoms with Crippen molar-refractivity contribution in [2.45, 2.75) is 76.3 Å². The van der Waals surface area contributed by atoms with Crippen molar-refractivity contribution in [1.29, 1.82) is 0 Å². The monoisotopic (exact) mass is 302 g/mol. The van der Waals surface area contributed by atoms with Gasteiger partial charge < -0.3 is 10.2 Å². The van der Waals surface area contributed by atoms with Crippen LogP contribution in [0.3, 0.4) is 0 Å². The largest absolute Gasteiger partial charge is 0.353 e. The number of nitrogens with one attached hydrogen (secondary N) is 1. The van der Waals surface area contributed by atoms with E-state index in [0.717, 1.165) is 23.8 Å². The normalized spacial score (nSPS) is 45.2. The second-order valence-electron chi connectivity index (χ2n) is 9.21. The molecule has 6 fully saturated rings. The van der Waals surface area contributed by atoms with Crippen LogP contribution in [0.1, 0.15) is 64.2 Å². The summed E-state index contributed by atoms with van der Waals surface area (Å²) in [7, 11) is 0. The molecule has 1 aliphatic heterocycles. The highest BCUT2D eigenvalue weighted by Gasteiger charge is 2.54. The molecule has 122 valence electrons. The lowest BCUT2D eigenvalue weighted by Gasteiger charge is -2.56. The third kappa shape index (κ3) is 2.31. The van der Waals surface area contributed by atoms with Gasteiger partial charge in [0.2, 0.25) is 5.91 Å². The summed E-state index contributed by atoms with van der Waals surface area (Å²) in [6.07, 6.45) is 13.0. The molecule has 0 unspecified atom stereocenters. The third-order valence-electron chi connectivity index (χ3n) is 7.45. The molecule has 0 atom stereocenters. The molecule has 3 heteroatoms. The first kappa shape index (κ1) is 13.8. The molecular formula is C19H30N2O. The van der Waals surface area contributed by atoms with Gasteiger partial charge in [0.15, 0.2) is 0 Å². The molecule has 5 saturated carbocycles. The Labute approximate surface area is 134 Å². The van der Waals surface area contributed by atoms with E-state index in [2.05, 4.69) is 10.2 Å². The van der Waals surface area contributed by atoms with Crippen molar-refractivity contribution >= 4 is 5.91 Å². The topological polar surface area (TPSA) is 32.3 Å². The zero-order chi connectivity index (χ0) is 14.7. The van der Waals surface area contributed by atoms with Gasteiger partial charge >= 0.3 is 0 Å². The lowest BCUT2D eigenvalue weighted by molar-refractivity contribution is -0.147. The number of piperidine rings is 1. The molecule has 6 aliphatic rings. The van der Waals surface area contributed by atoms with Crippen molar-refractivity contribution in [3.8, 4) is 0 Å². The van der Waals surface area contributed by atoms with Crippen molar-refractivity contribution in [1.82, 2.24) is 10.2 Å². The summed E-state index contributed by atoms with van der Waals surface area (Å²) in [5, 5.41) is 3.49. The highest BCUT2D eigenvalue weighted by Crippen LogP contribution is 2.60. The first-order valence-electron chi connectivity index (χ1n) is 9.75. The number of nitrogens with zero attached hydrogens (tertiary/aromatic N) is 1. The fraction of sp³-hybridized carbons (Fsp3) is 0.947. The third-order valence-corrected chi connectivity index (χ3v) is 7.45. The molecule has 1 saturated heterocycles. The Morgan fingerprint density at radius 1 is 0.864 bits per heavy atom. The summed E-state index contributed by atoms with van der Waals surface area (Å²) in [6, 6.07) is 1.34. The molecule has 0 aromatic rings. The molecule has 22 heavy (non-hydrogen) atoms. The Morgan fingerprint density at radius 2 is 1.41 bits per heavy atom. The van der Waals surface area contributed by atoms with E-state index in [0.29, 0.717) is 11.9 Å². The van der Waals surface area contributed by atoms with E-state index in [1.54, 1.807) is 0 Å². The van der Waals surface area contributed by atoms with Crippen molar-refractivity contribution in [3.63, 3.8) is 0 Å². The Balaban J connectivity index is 1.22. The molecule has 6 rings (SSSR count). The fourth-order valence-corrected chi connectivity index (χ4v) is 6.58. The molecule has 0 spiro atoms. The van der Waals surface area contributed by atoms with E-state index in [4.69, 9.17) is 0 Å². The van der Waals surface area contributed by atoms with Gasteiger partial charge in [-0.15, -0.1) is 0 Å². The van der Waals surface area contributed by atoms with Crippen LogP contribution in [0.5, 0.6) is 0 Å². The number of likely N-dealkylation sites (tertiary alicyclic amines) is 1. The molecule has 0 aromatic heterocycles. The van der Waals surface area contributed by atoms with Crippen LogP contribution in [0, 0.1) is 23.2 Å². The van der Waals surface area contributed by atoms with Crippen LogP contribution in [-0.4, -0.2) is 36.0 Å². The standard InChI is InChI=1S/C19H30N2O/c22-18(20-16-3-5-21(6-4-16)17-1-2-17)19-10-13-7-14(11-19)9-15(8-13)12-19/h13-17H,1-12H2,(H,20,22). The molecule has 3 nitrogen and oxygen atoms in total. The van der Waals surface area contributed by atoms with Crippen LogP contribution in [0.4, 0.5) is 0 Å². The maximum atomic E-state index is 13.1. The number of carbonyl (C=O) groups excluding carboxylic acids is 1. The van der Waals surface area contributed by atoms with Crippen molar-refractivity contribution < 1.29 is 4.79 Å². The summed E-state index contributed by atoms with van der Waals surface area (Å²) in [6.45, 7) is 2.41. The highest BCUT2D eigenvalue weighted by molar-refractivity contribution is 5.83. The minimum absolute atomic E-state index is 0.0440. The minimum atomic E-state index is 0.0440. The van der Waals surface area contributed by atoms with E-state index >= 15 is 0 Å². The smallest absolute Gasteiger partial charge is 0.226 e. The molecule has 1 N–H and O–H groups in total. The number of rotatable bonds is 3. The highest BCUT2D eigenvalue weighted by atomic mass is 16.2. The van der Waals surface area contributed by atoms with Crippen molar-refractivity contribution in [2.75, 3.05) is 13.1 Å². The molecule has 0 radical (unpaired) electrons. The minimum Gasteiger partial charge on any atom is -0.353 e. The Morgan fingerprint density at radius 3 is 1.91 bits per heavy atom. The van der Waals surface area contributed by atoms with E-state index < -0.39 is 0 Å². The van der Waals surface area contributed by atoms with E-state index in [9.17, 15) is 4.79 Å². The van der Waals surface area contributed by atoms with Crippen molar-refractivity contribution in [3.05, 3.63) is 0 Å². The van der Waals surface area contributed by atoms with Gasteiger partial charge in [-0.05, 0) is 82.0 Å². The number of hydrogen-bond donors (Lipinski definition) is 1. The second kappa shape index (κ2) is 4.96. The molecule has 4 bridgehead atoms. The summed E-state index contributed by atoms with van der Waals surface area (Å²) in [5.74, 6) is 3.05. The van der Waals surface area contributed by atoms with Gasteiger partial charge in [-0.2, -0.15) is 0 Å². The fourth-order valence-electron chi connectivity index (χ4n) is 6.58. The van der Waals surface area contributed by atoms with Gasteiger partial charge in [0.05, 0.1) is 0 Å². The predicted octanol–water partition coefficient (Wildman–Crippen LogP) is 2.95. The second-order valence-corrected chi connectivity index (χ2v) is 9.21. The first-order chi connectivity index (χ1) is 10.7. The van der Waals surface area contributed by atoms with Crippen LogP contribution in [0.2, 0.25) is 0 Å². The summed E-state index contributed by atoms with van der Waals surface area (Å²) in [5.41, 5.74) is 0.0440. The average Bonchev–Trinajstić information content (AvgIpc) is 3.31. The zero-order valence-electron chi connectivity index (χ0n) is 13.7. The van der Waals surface area contributed by atoms with Crippen LogP contribution in [0.25, 0.3) is 0 Å². The van der Waals surface area contributed by atoms with E-state index in [1.807, 2.05) is 0 Å². The number of amides is 1. The van der Waals surface area contributed by atoms with Crippen LogP contribution in [0.15, 0.2) is 0 Å². The number of carbonyl (C=O) groups is 1. The van der Waals surface area contributed by atoms with Crippen LogP contribution >= 0.6 is 0 Å². The molecule has 5 aliphatic carbocycles. The number of hydrogen-bond acceptors (Lipinski definition) is 2. The summed E-state index contributed by atoms with van der Waals surface area (Å²) >= 11 is 0. The molecule has 0 aromatic carbocycles. The SMILES string of the molecule is O=C(NC1CCN(C2CC2)CC1)C12CC3CC(CC(C3)C1)C2. The maximum absolute atomic E-state index is 13.1. The summed E-state index contributed by atoms with van der Waals surface area (Å²) in [4.78, 5) is 15.7. The van der Waals surface area contributed by atoms with Gasteiger partial charge in [0.25, 0.3) is 0 Å². The molecule has 1 amide bonds. The van der Waals surface area contributed by atoms with E-state index in [1.165, 1.54) is 77.3 Å². The Kier molecular flexibility index (Phi) is 3.12. The van der Waals surface area contributed by atoms with E-state index in [-0.39, 0.29) is 5.41 Å². The van der Waals surface area contributed by atoms with Gasteiger partial charge in [-0.3, -0.25) is 4.79 Å². The zero-order valence-corrected chi connectivity index (χ0v) is 13.7.